The van der Waals surface area contributed by atoms with Gasteiger partial charge in [-0.2, -0.15) is 0 Å². The van der Waals surface area contributed by atoms with Gasteiger partial charge in [0.05, 0.1) is 18.8 Å². The summed E-state index contributed by atoms with van der Waals surface area (Å²) in [5.74, 6) is -0.0177. The maximum Gasteiger partial charge on any atom is 0.251 e. The highest BCUT2D eigenvalue weighted by atomic mass is 16.5. The van der Waals surface area contributed by atoms with Crippen LogP contribution in [0.25, 0.3) is 0 Å². The lowest BCUT2D eigenvalue weighted by atomic mass is 10.2. The summed E-state index contributed by atoms with van der Waals surface area (Å²) >= 11 is 0. The predicted molar refractivity (Wildman–Crippen MR) is 52.9 cm³/mol. The molecule has 0 radical (unpaired) electrons. The summed E-state index contributed by atoms with van der Waals surface area (Å²) in [4.78, 5) is 13.3. The number of carbonyl (C=O) groups excluding carboxylic acids is 1. The molecule has 0 aromatic heterocycles. The van der Waals surface area contributed by atoms with Crippen molar-refractivity contribution in [2.45, 2.75) is 44.9 Å². The predicted octanol–water partition coefficient (Wildman–Crippen LogP) is 0.393. The van der Waals surface area contributed by atoms with Crippen LogP contribution < -0.4 is 0 Å². The molecule has 1 amide bonds. The molecule has 4 nitrogen and oxygen atoms in total. The van der Waals surface area contributed by atoms with Crippen LogP contribution >= 0.6 is 0 Å². The Morgan fingerprint density at radius 3 is 2.71 bits per heavy atom. The van der Waals surface area contributed by atoms with E-state index in [1.54, 1.807) is 11.9 Å². The summed E-state index contributed by atoms with van der Waals surface area (Å²) in [7, 11) is 1.70. The Labute approximate surface area is 84.8 Å². The van der Waals surface area contributed by atoms with Crippen LogP contribution in [0.5, 0.6) is 0 Å². The third kappa shape index (κ3) is 2.45. The van der Waals surface area contributed by atoms with E-state index in [-0.39, 0.29) is 30.8 Å². The molecule has 0 aromatic rings. The molecule has 0 spiro atoms. The number of amides is 1. The van der Waals surface area contributed by atoms with Gasteiger partial charge < -0.3 is 14.7 Å². The number of ether oxygens (including phenoxy) is 1. The Bertz CT molecular complexity index is 204. The molecule has 0 aromatic carbocycles. The number of nitrogens with zero attached hydrogens (tertiary/aromatic N) is 1. The van der Waals surface area contributed by atoms with Gasteiger partial charge >= 0.3 is 0 Å². The van der Waals surface area contributed by atoms with E-state index in [9.17, 15) is 4.79 Å². The highest BCUT2D eigenvalue weighted by molar-refractivity contribution is 5.81. The van der Waals surface area contributed by atoms with Gasteiger partial charge in [-0.05, 0) is 26.7 Å². The van der Waals surface area contributed by atoms with Gasteiger partial charge in [0.15, 0.2) is 0 Å². The molecular formula is C10H19NO3. The molecule has 0 bridgehead atoms. The second-order valence-electron chi connectivity index (χ2n) is 3.99. The van der Waals surface area contributed by atoms with Gasteiger partial charge in [0.2, 0.25) is 0 Å². The Hall–Kier alpha value is -0.610. The number of aliphatic hydroxyl groups is 1. The van der Waals surface area contributed by atoms with Gasteiger partial charge in [-0.15, -0.1) is 0 Å². The minimum Gasteiger partial charge on any atom is -0.394 e. The normalized spacial score (nSPS) is 28.9. The van der Waals surface area contributed by atoms with Crippen molar-refractivity contribution in [1.82, 2.24) is 4.90 Å². The lowest BCUT2D eigenvalue weighted by Gasteiger charge is -2.25. The van der Waals surface area contributed by atoms with Crippen molar-refractivity contribution in [3.63, 3.8) is 0 Å². The molecule has 1 saturated heterocycles. The smallest absolute Gasteiger partial charge is 0.251 e. The first-order chi connectivity index (χ1) is 6.56. The molecule has 1 heterocycles. The van der Waals surface area contributed by atoms with Gasteiger partial charge in [-0.1, -0.05) is 0 Å². The molecule has 4 heteroatoms. The van der Waals surface area contributed by atoms with Crippen molar-refractivity contribution in [1.29, 1.82) is 0 Å². The second-order valence-corrected chi connectivity index (χ2v) is 3.99. The molecule has 82 valence electrons. The largest absolute Gasteiger partial charge is 0.394 e. The molecule has 1 N–H and O–H groups in total. The molecule has 14 heavy (non-hydrogen) atoms. The zero-order valence-electron chi connectivity index (χ0n) is 9.06. The number of likely N-dealkylation sites (N-methyl/N-ethyl adjacent to an activating group) is 1. The van der Waals surface area contributed by atoms with E-state index < -0.39 is 0 Å². The maximum absolute atomic E-state index is 11.8. The molecule has 1 rings (SSSR count). The van der Waals surface area contributed by atoms with Crippen LogP contribution in [0.4, 0.5) is 0 Å². The highest BCUT2D eigenvalue weighted by Gasteiger charge is 2.31. The van der Waals surface area contributed by atoms with Crippen molar-refractivity contribution in [2.75, 3.05) is 13.7 Å². The van der Waals surface area contributed by atoms with Crippen molar-refractivity contribution < 1.29 is 14.6 Å². The number of rotatable bonds is 3. The number of hydrogen-bond acceptors (Lipinski definition) is 3. The monoisotopic (exact) mass is 201 g/mol. The zero-order valence-corrected chi connectivity index (χ0v) is 9.06. The molecule has 1 aliphatic heterocycles. The minimum absolute atomic E-state index is 0.00941. The Balaban J connectivity index is 2.48. The average Bonchev–Trinajstić information content (AvgIpc) is 2.61. The molecule has 3 atom stereocenters. The summed E-state index contributed by atoms with van der Waals surface area (Å²) in [5.41, 5.74) is 0. The molecule has 0 saturated carbocycles. The van der Waals surface area contributed by atoms with Crippen LogP contribution in [0.1, 0.15) is 26.7 Å². The van der Waals surface area contributed by atoms with E-state index in [2.05, 4.69) is 0 Å². The first-order valence-electron chi connectivity index (χ1n) is 5.09. The summed E-state index contributed by atoms with van der Waals surface area (Å²) in [6.07, 6.45) is 1.62. The van der Waals surface area contributed by atoms with E-state index >= 15 is 0 Å². The molecule has 1 aliphatic rings. The van der Waals surface area contributed by atoms with Crippen LogP contribution in [0.2, 0.25) is 0 Å². The third-order valence-corrected chi connectivity index (χ3v) is 2.78. The summed E-state index contributed by atoms with van der Waals surface area (Å²) in [6, 6.07) is -0.137. The molecule has 3 unspecified atom stereocenters. The molecule has 1 fully saturated rings. The minimum atomic E-state index is -0.302. The van der Waals surface area contributed by atoms with Crippen LogP contribution in [0.3, 0.4) is 0 Å². The van der Waals surface area contributed by atoms with E-state index in [1.807, 2.05) is 13.8 Å². The third-order valence-electron chi connectivity index (χ3n) is 2.78. The van der Waals surface area contributed by atoms with Gasteiger partial charge in [-0.25, -0.2) is 0 Å². The van der Waals surface area contributed by atoms with Crippen molar-refractivity contribution in [3.05, 3.63) is 0 Å². The summed E-state index contributed by atoms with van der Waals surface area (Å²) in [6.45, 7) is 3.78. The number of hydrogen-bond donors (Lipinski definition) is 1. The second kappa shape index (κ2) is 4.75. The van der Waals surface area contributed by atoms with E-state index in [4.69, 9.17) is 9.84 Å². The van der Waals surface area contributed by atoms with Gasteiger partial charge in [0.25, 0.3) is 5.91 Å². The van der Waals surface area contributed by atoms with E-state index in [0.29, 0.717) is 0 Å². The topological polar surface area (TPSA) is 49.8 Å². The molecular weight excluding hydrogens is 182 g/mol. The Morgan fingerprint density at radius 1 is 1.64 bits per heavy atom. The average molecular weight is 201 g/mol. The number of aliphatic hydroxyl groups excluding tert-OH is 1. The van der Waals surface area contributed by atoms with Crippen molar-refractivity contribution >= 4 is 5.91 Å². The van der Waals surface area contributed by atoms with E-state index in [0.717, 1.165) is 12.8 Å². The maximum atomic E-state index is 11.8. The SMILES string of the molecule is CC1CCC(C(=O)N(C)C(C)CO)O1. The fourth-order valence-corrected chi connectivity index (χ4v) is 1.55. The zero-order chi connectivity index (χ0) is 10.7. The number of carbonyl (C=O) groups is 1. The van der Waals surface area contributed by atoms with Gasteiger partial charge in [0.1, 0.15) is 6.10 Å². The first kappa shape index (κ1) is 11.5. The highest BCUT2D eigenvalue weighted by Crippen LogP contribution is 2.20. The van der Waals surface area contributed by atoms with Gasteiger partial charge in [-0.3, -0.25) is 4.79 Å². The fraction of sp³-hybridized carbons (Fsp3) is 0.900. The summed E-state index contributed by atoms with van der Waals surface area (Å²) < 4.78 is 5.47. The van der Waals surface area contributed by atoms with Crippen molar-refractivity contribution in [3.8, 4) is 0 Å². The van der Waals surface area contributed by atoms with E-state index in [1.165, 1.54) is 0 Å². The molecule has 0 aliphatic carbocycles. The van der Waals surface area contributed by atoms with Gasteiger partial charge in [0, 0.05) is 7.05 Å². The first-order valence-corrected chi connectivity index (χ1v) is 5.09. The Morgan fingerprint density at radius 2 is 2.29 bits per heavy atom. The lowest BCUT2D eigenvalue weighted by Crippen LogP contribution is -2.43. The van der Waals surface area contributed by atoms with Crippen LogP contribution in [-0.2, 0) is 9.53 Å². The lowest BCUT2D eigenvalue weighted by molar-refractivity contribution is -0.143. The fourth-order valence-electron chi connectivity index (χ4n) is 1.55. The quantitative estimate of drug-likeness (QED) is 0.718. The van der Waals surface area contributed by atoms with Crippen LogP contribution in [0, 0.1) is 0 Å². The van der Waals surface area contributed by atoms with Crippen LogP contribution in [0.15, 0.2) is 0 Å². The summed E-state index contributed by atoms with van der Waals surface area (Å²) in [5, 5.41) is 8.91. The standard InChI is InChI=1S/C10H19NO3/c1-7(6-12)11(3)10(13)9-5-4-8(2)14-9/h7-9,12H,4-6H2,1-3H3. The Kier molecular flexibility index (Phi) is 3.89. The van der Waals surface area contributed by atoms with Crippen molar-refractivity contribution in [2.24, 2.45) is 0 Å². The van der Waals surface area contributed by atoms with Crippen LogP contribution in [-0.4, -0.2) is 47.8 Å².